The lowest BCUT2D eigenvalue weighted by molar-refractivity contribution is 0.740. The summed E-state index contributed by atoms with van der Waals surface area (Å²) < 4.78 is 1.21. The second-order valence-corrected chi connectivity index (χ2v) is 3.48. The maximum Gasteiger partial charge on any atom is 0.0809 e. The molecule has 0 bridgehead atoms. The second kappa shape index (κ2) is 3.18. The van der Waals surface area contributed by atoms with Crippen LogP contribution in [-0.2, 0) is 6.54 Å². The number of nitrogens with two attached hydrogens (primary N) is 1. The summed E-state index contributed by atoms with van der Waals surface area (Å²) in [5.74, 6) is 5.21. The molecule has 2 heterocycles. The molecule has 0 aliphatic carbocycles. The lowest BCUT2D eigenvalue weighted by Crippen LogP contribution is -2.20. The summed E-state index contributed by atoms with van der Waals surface area (Å²) in [6, 6.07) is 4.12. The number of nitrogens with zero attached hydrogens (tertiary/aromatic N) is 1. The Morgan fingerprint density at radius 2 is 2.50 bits per heavy atom. The molecular formula is C8H9N3S. The van der Waals surface area contributed by atoms with Gasteiger partial charge in [0.05, 0.1) is 10.2 Å². The first kappa shape index (κ1) is 7.67. The molecule has 0 saturated heterocycles. The van der Waals surface area contributed by atoms with Gasteiger partial charge in [-0.1, -0.05) is 0 Å². The summed E-state index contributed by atoms with van der Waals surface area (Å²) in [6.07, 6.45) is 1.84. The van der Waals surface area contributed by atoms with E-state index in [1.54, 1.807) is 11.3 Å². The average Bonchev–Trinajstić information content (AvgIpc) is 2.51. The van der Waals surface area contributed by atoms with Crippen molar-refractivity contribution >= 4 is 21.6 Å². The van der Waals surface area contributed by atoms with E-state index >= 15 is 0 Å². The SMILES string of the molecule is NNCc1cnc2ccsc2c1. The highest BCUT2D eigenvalue weighted by molar-refractivity contribution is 7.17. The van der Waals surface area contributed by atoms with E-state index in [0.717, 1.165) is 11.1 Å². The van der Waals surface area contributed by atoms with Gasteiger partial charge < -0.3 is 0 Å². The van der Waals surface area contributed by atoms with E-state index in [9.17, 15) is 0 Å². The summed E-state index contributed by atoms with van der Waals surface area (Å²) in [7, 11) is 0. The van der Waals surface area contributed by atoms with E-state index in [2.05, 4.69) is 16.5 Å². The molecule has 0 fully saturated rings. The highest BCUT2D eigenvalue weighted by atomic mass is 32.1. The Hall–Kier alpha value is -0.970. The molecule has 0 radical (unpaired) electrons. The van der Waals surface area contributed by atoms with E-state index < -0.39 is 0 Å². The monoisotopic (exact) mass is 179 g/mol. The molecule has 0 atom stereocenters. The minimum Gasteiger partial charge on any atom is -0.271 e. The van der Waals surface area contributed by atoms with Crippen molar-refractivity contribution in [2.45, 2.75) is 6.54 Å². The summed E-state index contributed by atoms with van der Waals surface area (Å²) in [5.41, 5.74) is 4.78. The van der Waals surface area contributed by atoms with E-state index in [0.29, 0.717) is 6.54 Å². The van der Waals surface area contributed by atoms with Crippen LogP contribution in [0.25, 0.3) is 10.2 Å². The van der Waals surface area contributed by atoms with Gasteiger partial charge >= 0.3 is 0 Å². The quantitative estimate of drug-likeness (QED) is 0.539. The van der Waals surface area contributed by atoms with Gasteiger partial charge in [0.15, 0.2) is 0 Å². The molecule has 0 amide bonds. The van der Waals surface area contributed by atoms with Gasteiger partial charge in [-0.15, -0.1) is 11.3 Å². The van der Waals surface area contributed by atoms with Gasteiger partial charge in [0, 0.05) is 12.7 Å². The number of thiophene rings is 1. The van der Waals surface area contributed by atoms with Crippen LogP contribution in [0.4, 0.5) is 0 Å². The van der Waals surface area contributed by atoms with E-state index in [1.165, 1.54) is 4.70 Å². The zero-order valence-electron chi connectivity index (χ0n) is 6.45. The Morgan fingerprint density at radius 1 is 1.58 bits per heavy atom. The number of pyridine rings is 1. The molecule has 3 N–H and O–H groups in total. The Kier molecular flexibility index (Phi) is 2.03. The van der Waals surface area contributed by atoms with Crippen LogP contribution >= 0.6 is 11.3 Å². The highest BCUT2D eigenvalue weighted by Gasteiger charge is 1.97. The number of rotatable bonds is 2. The van der Waals surface area contributed by atoms with Crippen LogP contribution in [0.15, 0.2) is 23.7 Å². The normalized spacial score (nSPS) is 10.8. The third kappa shape index (κ3) is 1.32. The Bertz CT molecular complexity index is 382. The molecule has 0 aliphatic rings. The van der Waals surface area contributed by atoms with Crippen LogP contribution in [0.2, 0.25) is 0 Å². The summed E-state index contributed by atoms with van der Waals surface area (Å²) >= 11 is 1.70. The lowest BCUT2D eigenvalue weighted by Gasteiger charge is -1.97. The predicted octanol–water partition coefficient (Wildman–Crippen LogP) is 1.26. The molecule has 2 aromatic heterocycles. The molecule has 4 heteroatoms. The first-order chi connectivity index (χ1) is 5.90. The molecule has 12 heavy (non-hydrogen) atoms. The van der Waals surface area contributed by atoms with E-state index in [1.807, 2.05) is 17.6 Å². The van der Waals surface area contributed by atoms with Crippen molar-refractivity contribution in [3.63, 3.8) is 0 Å². The molecular weight excluding hydrogens is 170 g/mol. The standard InChI is InChI=1S/C8H9N3S/c9-11-5-6-3-8-7(10-4-6)1-2-12-8/h1-4,11H,5,9H2. The molecule has 0 unspecified atom stereocenters. The van der Waals surface area contributed by atoms with Crippen molar-refractivity contribution in [1.29, 1.82) is 0 Å². The minimum atomic E-state index is 0.668. The van der Waals surface area contributed by atoms with Gasteiger partial charge in [-0.05, 0) is 23.1 Å². The summed E-state index contributed by atoms with van der Waals surface area (Å²) in [5, 5.41) is 2.04. The third-order valence-corrected chi connectivity index (χ3v) is 2.52. The lowest BCUT2D eigenvalue weighted by atomic mass is 10.3. The highest BCUT2D eigenvalue weighted by Crippen LogP contribution is 2.19. The summed E-state index contributed by atoms with van der Waals surface area (Å²) in [4.78, 5) is 4.27. The fourth-order valence-electron chi connectivity index (χ4n) is 1.10. The van der Waals surface area contributed by atoms with Crippen LogP contribution in [0.1, 0.15) is 5.56 Å². The number of hydrazine groups is 1. The van der Waals surface area contributed by atoms with Crippen LogP contribution in [-0.4, -0.2) is 4.98 Å². The predicted molar refractivity (Wildman–Crippen MR) is 50.6 cm³/mol. The first-order valence-electron chi connectivity index (χ1n) is 3.66. The van der Waals surface area contributed by atoms with Gasteiger partial charge in [-0.2, -0.15) is 0 Å². The molecule has 2 aromatic rings. The smallest absolute Gasteiger partial charge is 0.0809 e. The van der Waals surface area contributed by atoms with E-state index in [-0.39, 0.29) is 0 Å². The van der Waals surface area contributed by atoms with Gasteiger partial charge in [-0.25, -0.2) is 0 Å². The Labute approximate surface area is 74.2 Å². The van der Waals surface area contributed by atoms with Crippen LogP contribution < -0.4 is 11.3 Å². The van der Waals surface area contributed by atoms with Gasteiger partial charge in [0.2, 0.25) is 0 Å². The topological polar surface area (TPSA) is 50.9 Å². The Balaban J connectivity index is 2.46. The van der Waals surface area contributed by atoms with Crippen molar-refractivity contribution in [3.05, 3.63) is 29.3 Å². The number of nitrogens with one attached hydrogen (secondary N) is 1. The van der Waals surface area contributed by atoms with Crippen LogP contribution in [0.3, 0.4) is 0 Å². The Morgan fingerprint density at radius 3 is 3.33 bits per heavy atom. The van der Waals surface area contributed by atoms with Crippen molar-refractivity contribution in [2.24, 2.45) is 5.84 Å². The largest absolute Gasteiger partial charge is 0.271 e. The number of aromatic nitrogens is 1. The molecule has 0 aromatic carbocycles. The maximum atomic E-state index is 5.21. The molecule has 2 rings (SSSR count). The number of hydrogen-bond acceptors (Lipinski definition) is 4. The van der Waals surface area contributed by atoms with Crippen molar-refractivity contribution in [3.8, 4) is 0 Å². The summed E-state index contributed by atoms with van der Waals surface area (Å²) in [6.45, 7) is 0.668. The van der Waals surface area contributed by atoms with Crippen molar-refractivity contribution in [1.82, 2.24) is 10.4 Å². The third-order valence-electron chi connectivity index (χ3n) is 1.67. The second-order valence-electron chi connectivity index (χ2n) is 2.53. The average molecular weight is 179 g/mol. The van der Waals surface area contributed by atoms with Crippen molar-refractivity contribution < 1.29 is 0 Å². The van der Waals surface area contributed by atoms with Crippen LogP contribution in [0, 0.1) is 0 Å². The van der Waals surface area contributed by atoms with E-state index in [4.69, 9.17) is 5.84 Å². The van der Waals surface area contributed by atoms with Gasteiger partial charge in [-0.3, -0.25) is 16.3 Å². The minimum absolute atomic E-state index is 0.668. The fraction of sp³-hybridized carbons (Fsp3) is 0.125. The molecule has 0 aliphatic heterocycles. The zero-order valence-corrected chi connectivity index (χ0v) is 7.27. The number of fused-ring (bicyclic) bond motifs is 1. The maximum absolute atomic E-state index is 5.21. The zero-order chi connectivity index (χ0) is 8.39. The molecule has 0 spiro atoms. The molecule has 0 saturated carbocycles. The van der Waals surface area contributed by atoms with Gasteiger partial charge in [0.25, 0.3) is 0 Å². The molecule has 3 nitrogen and oxygen atoms in total. The fourth-order valence-corrected chi connectivity index (χ4v) is 1.91. The van der Waals surface area contributed by atoms with Crippen molar-refractivity contribution in [2.75, 3.05) is 0 Å². The van der Waals surface area contributed by atoms with Gasteiger partial charge in [0.1, 0.15) is 0 Å². The van der Waals surface area contributed by atoms with Crippen LogP contribution in [0.5, 0.6) is 0 Å². The molecule has 62 valence electrons. The first-order valence-corrected chi connectivity index (χ1v) is 4.54. The number of hydrogen-bond donors (Lipinski definition) is 2.